The third-order valence-corrected chi connectivity index (χ3v) is 8.27. The van der Waals surface area contributed by atoms with Crippen molar-refractivity contribution in [3.05, 3.63) is 97.1 Å². The van der Waals surface area contributed by atoms with Crippen molar-refractivity contribution in [2.45, 2.75) is 52.7 Å². The Morgan fingerprint density at radius 1 is 0.537 bits per heavy atom. The Hall–Kier alpha value is -3.79. The molecule has 212 valence electrons. The minimum atomic E-state index is -0.871. The second-order valence-corrected chi connectivity index (χ2v) is 14.6. The molecule has 0 N–H and O–H groups in total. The van der Waals surface area contributed by atoms with Crippen LogP contribution in [0.3, 0.4) is 0 Å². The first kappa shape index (κ1) is 30.2. The van der Waals surface area contributed by atoms with E-state index in [9.17, 15) is 9.59 Å². The van der Waals surface area contributed by atoms with E-state index in [1.807, 2.05) is 84.9 Å². The van der Waals surface area contributed by atoms with Crippen LogP contribution < -0.4 is 16.7 Å². The quantitative estimate of drug-likeness (QED) is 0.122. The average Bonchev–Trinajstić information content (AvgIpc) is 2.89. The maximum absolute atomic E-state index is 12.5. The number of carbonyl (C=O) groups excluding carboxylic acids is 2. The molecule has 0 radical (unpaired) electrons. The van der Waals surface area contributed by atoms with Crippen molar-refractivity contribution in [3.8, 4) is 33.8 Å². The fourth-order valence-electron chi connectivity index (χ4n) is 3.87. The summed E-state index contributed by atoms with van der Waals surface area (Å²) in [6.07, 6.45) is -1.49. The van der Waals surface area contributed by atoms with Crippen molar-refractivity contribution in [1.29, 1.82) is 0 Å². The van der Waals surface area contributed by atoms with Crippen LogP contribution in [0.25, 0.3) is 22.3 Å². The number of rotatable bonds is 6. The van der Waals surface area contributed by atoms with Crippen LogP contribution in [0.2, 0.25) is 0 Å². The summed E-state index contributed by atoms with van der Waals surface area (Å²) in [5.41, 5.74) is 2.18. The molecule has 0 aliphatic rings. The fourth-order valence-corrected chi connectivity index (χ4v) is 6.43. The SMILES string of the molecule is CC(C)(C)OC(=O)Oc1ccc([Te]c2ccc(OC(=O)OC(C)(C)C)c(-c3ccccc3)c2)cc1-c1ccccc1. The normalized spacial score (nSPS) is 11.5. The number of benzene rings is 4. The van der Waals surface area contributed by atoms with E-state index in [0.717, 1.165) is 29.5 Å². The molecule has 0 aliphatic heterocycles. The monoisotopic (exact) mass is 668 g/mol. The van der Waals surface area contributed by atoms with E-state index in [1.54, 1.807) is 41.5 Å². The van der Waals surface area contributed by atoms with E-state index in [1.165, 1.54) is 0 Å². The van der Waals surface area contributed by atoms with E-state index in [2.05, 4.69) is 12.1 Å². The Bertz CT molecular complexity index is 1390. The summed E-state index contributed by atoms with van der Waals surface area (Å²) in [6.45, 7) is 10.8. The second kappa shape index (κ2) is 12.8. The van der Waals surface area contributed by atoms with Gasteiger partial charge in [-0.2, -0.15) is 0 Å². The number of ether oxygens (including phenoxy) is 4. The maximum atomic E-state index is 12.5. The van der Waals surface area contributed by atoms with E-state index in [-0.39, 0.29) is 0 Å². The molecule has 4 aromatic rings. The van der Waals surface area contributed by atoms with Crippen molar-refractivity contribution in [1.82, 2.24) is 0 Å². The summed E-state index contributed by atoms with van der Waals surface area (Å²) in [7, 11) is 0. The molecule has 0 aromatic heterocycles. The van der Waals surface area contributed by atoms with Crippen molar-refractivity contribution in [2.24, 2.45) is 0 Å². The van der Waals surface area contributed by atoms with Gasteiger partial charge < -0.3 is 0 Å². The van der Waals surface area contributed by atoms with Gasteiger partial charge in [0, 0.05) is 0 Å². The van der Waals surface area contributed by atoms with Gasteiger partial charge in [-0.3, -0.25) is 0 Å². The average molecular weight is 666 g/mol. The third-order valence-electron chi connectivity index (χ3n) is 5.47. The Kier molecular flexibility index (Phi) is 9.42. The zero-order valence-electron chi connectivity index (χ0n) is 24.1. The molecule has 6 nitrogen and oxygen atoms in total. The van der Waals surface area contributed by atoms with E-state index < -0.39 is 44.4 Å². The molecule has 7 heteroatoms. The first-order valence-electron chi connectivity index (χ1n) is 13.2. The van der Waals surface area contributed by atoms with Crippen molar-refractivity contribution < 1.29 is 28.5 Å². The van der Waals surface area contributed by atoms with Gasteiger partial charge in [-0.25, -0.2) is 0 Å². The van der Waals surface area contributed by atoms with Crippen LogP contribution in [0, 0.1) is 0 Å². The summed E-state index contributed by atoms with van der Waals surface area (Å²) in [6, 6.07) is 31.4. The van der Waals surface area contributed by atoms with Gasteiger partial charge in [-0.1, -0.05) is 0 Å². The van der Waals surface area contributed by atoms with Crippen LogP contribution in [0.1, 0.15) is 41.5 Å². The summed E-state index contributed by atoms with van der Waals surface area (Å²) in [4.78, 5) is 24.9. The topological polar surface area (TPSA) is 71.1 Å². The Morgan fingerprint density at radius 2 is 0.902 bits per heavy atom. The molecule has 0 atom stereocenters. The summed E-state index contributed by atoms with van der Waals surface area (Å²) in [5, 5.41) is 0. The molecule has 0 bridgehead atoms. The van der Waals surface area contributed by atoms with Crippen LogP contribution in [-0.4, -0.2) is 44.4 Å². The van der Waals surface area contributed by atoms with Crippen LogP contribution >= 0.6 is 0 Å². The Balaban J connectivity index is 1.66. The second-order valence-electron chi connectivity index (χ2n) is 11.3. The minimum absolute atomic E-state index is 0.438. The Morgan fingerprint density at radius 3 is 1.24 bits per heavy atom. The van der Waals surface area contributed by atoms with Crippen LogP contribution in [0.5, 0.6) is 11.5 Å². The molecule has 41 heavy (non-hydrogen) atoms. The molecule has 0 amide bonds. The van der Waals surface area contributed by atoms with Gasteiger partial charge in [-0.05, 0) is 0 Å². The number of hydrogen-bond acceptors (Lipinski definition) is 6. The number of carbonyl (C=O) groups is 2. The van der Waals surface area contributed by atoms with Gasteiger partial charge in [0.05, 0.1) is 0 Å². The summed E-state index contributed by atoms with van der Waals surface area (Å²) in [5.74, 6) is 0.875. The van der Waals surface area contributed by atoms with Crippen molar-refractivity contribution in [3.63, 3.8) is 0 Å². The Labute approximate surface area is 251 Å². The van der Waals surface area contributed by atoms with E-state index in [0.29, 0.717) is 11.5 Å². The van der Waals surface area contributed by atoms with Crippen LogP contribution in [0.4, 0.5) is 9.59 Å². The van der Waals surface area contributed by atoms with E-state index in [4.69, 9.17) is 18.9 Å². The van der Waals surface area contributed by atoms with E-state index >= 15 is 0 Å². The first-order valence-corrected chi connectivity index (χ1v) is 15.6. The molecule has 4 rings (SSSR count). The van der Waals surface area contributed by atoms with Gasteiger partial charge in [0.1, 0.15) is 0 Å². The third kappa shape index (κ3) is 9.11. The zero-order chi connectivity index (χ0) is 29.6. The standard InChI is InChI=1S/C34H34O6Te/c1-33(2,3)39-31(35)37-29-19-17-25(21-27(29)23-13-9-7-10-14-23)41-26-18-20-30(38-32(36)40-34(4,5)6)28(22-26)24-15-11-8-12-16-24/h7-22H,1-6H3. The molecule has 0 aliphatic carbocycles. The van der Waals surface area contributed by atoms with Gasteiger partial charge in [-0.15, -0.1) is 0 Å². The van der Waals surface area contributed by atoms with Crippen molar-refractivity contribution >= 4 is 40.5 Å². The van der Waals surface area contributed by atoms with Gasteiger partial charge in [0.25, 0.3) is 0 Å². The molecule has 0 unspecified atom stereocenters. The van der Waals surface area contributed by atoms with Crippen LogP contribution in [0.15, 0.2) is 97.1 Å². The van der Waals surface area contributed by atoms with Crippen LogP contribution in [-0.2, 0) is 9.47 Å². The predicted octanol–water partition coefficient (Wildman–Crippen LogP) is 7.30. The zero-order valence-corrected chi connectivity index (χ0v) is 26.4. The molecule has 0 saturated carbocycles. The van der Waals surface area contributed by atoms with Gasteiger partial charge in [0.15, 0.2) is 0 Å². The first-order chi connectivity index (χ1) is 19.4. The summed E-state index contributed by atoms with van der Waals surface area (Å²) < 4.78 is 24.3. The summed E-state index contributed by atoms with van der Waals surface area (Å²) >= 11 is -0.871. The molecule has 0 saturated heterocycles. The van der Waals surface area contributed by atoms with Gasteiger partial charge >= 0.3 is 253 Å². The molecule has 4 aromatic carbocycles. The molecular formula is C34H34O6Te. The molecule has 0 heterocycles. The fraction of sp³-hybridized carbons (Fsp3) is 0.235. The van der Waals surface area contributed by atoms with Crippen molar-refractivity contribution in [2.75, 3.05) is 0 Å². The predicted molar refractivity (Wildman–Crippen MR) is 163 cm³/mol. The molecule has 0 fully saturated rings. The number of hydrogen-bond donors (Lipinski definition) is 0. The molecular weight excluding hydrogens is 632 g/mol. The molecule has 0 spiro atoms. The van der Waals surface area contributed by atoms with Gasteiger partial charge in [0.2, 0.25) is 0 Å².